The molecule has 2 aromatic rings. The summed E-state index contributed by atoms with van der Waals surface area (Å²) in [4.78, 5) is 28.2. The van der Waals surface area contributed by atoms with Crippen LogP contribution in [0.5, 0.6) is 0 Å². The van der Waals surface area contributed by atoms with Gasteiger partial charge in [0, 0.05) is 30.4 Å². The highest BCUT2D eigenvalue weighted by molar-refractivity contribution is 7.90. The lowest BCUT2D eigenvalue weighted by molar-refractivity contribution is -0.139. The monoisotopic (exact) mass is 668 g/mol. The van der Waals surface area contributed by atoms with E-state index in [1.165, 1.54) is 44.1 Å². The number of nitrogens with zero attached hydrogens (tertiary/aromatic N) is 1. The molecule has 2 aromatic carbocycles. The Morgan fingerprint density at radius 3 is 2.30 bits per heavy atom. The topological polar surface area (TPSA) is 104 Å². The molecule has 0 aromatic heterocycles. The van der Waals surface area contributed by atoms with Crippen LogP contribution in [-0.4, -0.2) is 60.4 Å². The fourth-order valence-corrected chi connectivity index (χ4v) is 7.39. The van der Waals surface area contributed by atoms with Crippen LogP contribution in [0.1, 0.15) is 121 Å². The summed E-state index contributed by atoms with van der Waals surface area (Å²) in [6.45, 7) is 11.6. The summed E-state index contributed by atoms with van der Waals surface area (Å²) in [6.07, 6.45) is 14.5. The molecule has 3 rings (SSSR count). The number of allylic oxidation sites excluding steroid dienone is 2. The molecule has 1 saturated carbocycles. The molecule has 0 bridgehead atoms. The second-order valence-electron chi connectivity index (χ2n) is 13.8. The number of amides is 1. The lowest BCUT2D eigenvalue weighted by Gasteiger charge is -2.38. The molecular formula is C39H60N2O5S. The van der Waals surface area contributed by atoms with Crippen molar-refractivity contribution < 1.29 is 23.1 Å². The standard InChI is InChI=1S/C38H56N2O5S.CH4/c1-27(2)14-10-12-18-32(24-30-16-8-7-9-17-30)40(28(3)4)26-31-20-21-34(35(25-31)33-19-13-11-15-29(33)5)37(41)39-36(38(42)43)22-23-46(6,44)45;/h11,13-15,19-21,25,28,30,32,36H,7-10,12,16-18,22-24,26H2,1-6H3,(H,39,41)(H,42,43);1H4/t32-,36-;/m0./s1. The maximum atomic E-state index is 13.6. The number of benzene rings is 2. The van der Waals surface area contributed by atoms with Crippen LogP contribution >= 0.6 is 0 Å². The van der Waals surface area contributed by atoms with Gasteiger partial charge in [0.1, 0.15) is 15.9 Å². The van der Waals surface area contributed by atoms with E-state index in [1.807, 2.05) is 37.3 Å². The Hall–Kier alpha value is -2.97. The first-order valence-electron chi connectivity index (χ1n) is 17.0. The zero-order valence-electron chi connectivity index (χ0n) is 28.8. The van der Waals surface area contributed by atoms with E-state index in [-0.39, 0.29) is 19.6 Å². The first-order valence-corrected chi connectivity index (χ1v) is 19.1. The third-order valence-electron chi connectivity index (χ3n) is 9.27. The fourth-order valence-electron chi connectivity index (χ4n) is 6.73. The predicted molar refractivity (Wildman–Crippen MR) is 196 cm³/mol. The van der Waals surface area contributed by atoms with Crippen molar-refractivity contribution in [1.82, 2.24) is 10.2 Å². The highest BCUT2D eigenvalue weighted by Crippen LogP contribution is 2.33. The zero-order valence-corrected chi connectivity index (χ0v) is 29.7. The van der Waals surface area contributed by atoms with Crippen LogP contribution < -0.4 is 5.32 Å². The minimum atomic E-state index is -3.38. The van der Waals surface area contributed by atoms with Gasteiger partial charge in [-0.1, -0.05) is 81.5 Å². The Labute approximate surface area is 285 Å². The number of sulfone groups is 1. The molecule has 0 heterocycles. The Balaban J connectivity index is 0.00000768. The van der Waals surface area contributed by atoms with Crippen LogP contribution in [0.4, 0.5) is 0 Å². The minimum absolute atomic E-state index is 0. The number of hydrogen-bond acceptors (Lipinski definition) is 5. The number of hydrogen-bond donors (Lipinski definition) is 2. The van der Waals surface area contributed by atoms with Crippen LogP contribution in [0, 0.1) is 12.8 Å². The van der Waals surface area contributed by atoms with Gasteiger partial charge in [-0.2, -0.15) is 0 Å². The van der Waals surface area contributed by atoms with Crippen molar-refractivity contribution in [2.75, 3.05) is 12.0 Å². The van der Waals surface area contributed by atoms with Gasteiger partial charge in [0.25, 0.3) is 5.91 Å². The molecule has 1 amide bonds. The second kappa shape index (κ2) is 19.1. The van der Waals surface area contributed by atoms with Crippen molar-refractivity contribution in [1.29, 1.82) is 0 Å². The van der Waals surface area contributed by atoms with Gasteiger partial charge >= 0.3 is 5.97 Å². The normalized spacial score (nSPS) is 15.1. The van der Waals surface area contributed by atoms with E-state index >= 15 is 0 Å². The van der Waals surface area contributed by atoms with E-state index in [0.717, 1.165) is 60.2 Å². The third-order valence-corrected chi connectivity index (χ3v) is 10.2. The lowest BCUT2D eigenvalue weighted by atomic mass is 9.83. The Kier molecular flexibility index (Phi) is 16.4. The molecule has 0 spiro atoms. The Morgan fingerprint density at radius 2 is 1.70 bits per heavy atom. The average Bonchev–Trinajstić information content (AvgIpc) is 2.99. The molecule has 0 radical (unpaired) electrons. The van der Waals surface area contributed by atoms with Crippen LogP contribution in [0.25, 0.3) is 11.1 Å². The van der Waals surface area contributed by atoms with Gasteiger partial charge in [-0.05, 0) is 107 Å². The highest BCUT2D eigenvalue weighted by Gasteiger charge is 2.27. The number of carboxylic acid groups (broad SMARTS) is 1. The average molecular weight is 669 g/mol. The molecule has 262 valence electrons. The lowest BCUT2D eigenvalue weighted by Crippen LogP contribution is -2.42. The minimum Gasteiger partial charge on any atom is -0.480 e. The summed E-state index contributed by atoms with van der Waals surface area (Å²) in [6, 6.07) is 13.2. The van der Waals surface area contributed by atoms with E-state index in [2.05, 4.69) is 50.1 Å². The molecule has 7 nitrogen and oxygen atoms in total. The van der Waals surface area contributed by atoms with Crippen molar-refractivity contribution in [3.05, 3.63) is 70.8 Å². The smallest absolute Gasteiger partial charge is 0.326 e. The number of unbranched alkanes of at least 4 members (excludes halogenated alkanes) is 1. The highest BCUT2D eigenvalue weighted by atomic mass is 32.2. The van der Waals surface area contributed by atoms with Crippen LogP contribution in [0.2, 0.25) is 0 Å². The van der Waals surface area contributed by atoms with Gasteiger partial charge in [0.2, 0.25) is 0 Å². The van der Waals surface area contributed by atoms with Crippen molar-refractivity contribution in [2.45, 2.75) is 131 Å². The summed E-state index contributed by atoms with van der Waals surface area (Å²) >= 11 is 0. The Morgan fingerprint density at radius 1 is 1.02 bits per heavy atom. The van der Waals surface area contributed by atoms with E-state index in [9.17, 15) is 23.1 Å². The van der Waals surface area contributed by atoms with Crippen molar-refractivity contribution in [3.8, 4) is 11.1 Å². The maximum absolute atomic E-state index is 13.6. The van der Waals surface area contributed by atoms with E-state index in [4.69, 9.17) is 0 Å². The second-order valence-corrected chi connectivity index (χ2v) is 16.1. The van der Waals surface area contributed by atoms with Crippen molar-refractivity contribution in [2.24, 2.45) is 5.92 Å². The van der Waals surface area contributed by atoms with Crippen molar-refractivity contribution >= 4 is 21.7 Å². The van der Waals surface area contributed by atoms with Gasteiger partial charge in [0.05, 0.1) is 5.75 Å². The molecule has 1 fully saturated rings. The van der Waals surface area contributed by atoms with E-state index < -0.39 is 27.8 Å². The first-order chi connectivity index (χ1) is 21.7. The van der Waals surface area contributed by atoms with Gasteiger partial charge < -0.3 is 10.4 Å². The number of carboxylic acids is 1. The number of carbonyl (C=O) groups is 2. The summed E-state index contributed by atoms with van der Waals surface area (Å²) in [7, 11) is -3.38. The molecule has 1 aliphatic carbocycles. The molecule has 1 aliphatic rings. The van der Waals surface area contributed by atoms with Gasteiger partial charge in [0.15, 0.2) is 0 Å². The molecule has 0 aliphatic heterocycles. The summed E-state index contributed by atoms with van der Waals surface area (Å²) in [5, 5.41) is 12.3. The molecular weight excluding hydrogens is 609 g/mol. The molecule has 8 heteroatoms. The largest absolute Gasteiger partial charge is 0.480 e. The molecule has 2 atom stereocenters. The quantitative estimate of drug-likeness (QED) is 0.129. The molecule has 0 saturated heterocycles. The number of aryl methyl sites for hydroxylation is 1. The first kappa shape index (κ1) is 40.2. The van der Waals surface area contributed by atoms with Gasteiger partial charge in [-0.3, -0.25) is 9.69 Å². The predicted octanol–water partition coefficient (Wildman–Crippen LogP) is 8.60. The molecule has 47 heavy (non-hydrogen) atoms. The SMILES string of the molecule is C.CC(C)=CCCC[C@@H](CC1CCCCC1)N(Cc1ccc(C(=O)N[C@@H](CCS(C)(=O)=O)C(=O)O)c(-c2ccccc2C)c1)C(C)C. The van der Waals surface area contributed by atoms with Crippen LogP contribution in [-0.2, 0) is 21.2 Å². The number of rotatable bonds is 17. The zero-order chi connectivity index (χ0) is 33.9. The van der Waals surface area contributed by atoms with E-state index in [1.54, 1.807) is 6.07 Å². The molecule has 0 unspecified atom stereocenters. The van der Waals surface area contributed by atoms with Gasteiger partial charge in [-0.25, -0.2) is 13.2 Å². The van der Waals surface area contributed by atoms with Gasteiger partial charge in [-0.15, -0.1) is 0 Å². The van der Waals surface area contributed by atoms with Crippen LogP contribution in [0.3, 0.4) is 0 Å². The summed E-state index contributed by atoms with van der Waals surface area (Å²) < 4.78 is 23.4. The van der Waals surface area contributed by atoms with Crippen LogP contribution in [0.15, 0.2) is 54.1 Å². The third kappa shape index (κ3) is 13.2. The summed E-state index contributed by atoms with van der Waals surface area (Å²) in [5.74, 6) is -1.34. The number of nitrogens with one attached hydrogen (secondary N) is 1. The molecule has 2 N–H and O–H groups in total. The maximum Gasteiger partial charge on any atom is 0.326 e. The number of aliphatic carboxylic acids is 1. The summed E-state index contributed by atoms with van der Waals surface area (Å²) in [5.41, 5.74) is 5.51. The van der Waals surface area contributed by atoms with Crippen molar-refractivity contribution in [3.63, 3.8) is 0 Å². The fraction of sp³-hybridized carbons (Fsp3) is 0.590. The van der Waals surface area contributed by atoms with E-state index in [0.29, 0.717) is 17.6 Å². The number of carbonyl (C=O) groups excluding carboxylic acids is 1. The Bertz CT molecular complexity index is 1440.